The van der Waals surface area contributed by atoms with E-state index in [0.717, 1.165) is 40.4 Å². The number of rotatable bonds is 7. The van der Waals surface area contributed by atoms with Gasteiger partial charge in [0.1, 0.15) is 0 Å². The van der Waals surface area contributed by atoms with E-state index in [1.807, 2.05) is 43.2 Å². The zero-order valence-electron chi connectivity index (χ0n) is 22.2. The highest BCUT2D eigenvalue weighted by atomic mass is 32.2. The molecule has 1 amide bonds. The minimum absolute atomic E-state index is 0.0505. The van der Waals surface area contributed by atoms with Gasteiger partial charge in [0.2, 0.25) is 5.91 Å². The van der Waals surface area contributed by atoms with E-state index in [1.54, 1.807) is 18.7 Å². The van der Waals surface area contributed by atoms with Crippen LogP contribution < -0.4 is 0 Å². The summed E-state index contributed by atoms with van der Waals surface area (Å²) in [6.45, 7) is 11.1. The van der Waals surface area contributed by atoms with Gasteiger partial charge in [-0.05, 0) is 64.0 Å². The van der Waals surface area contributed by atoms with Crippen molar-refractivity contribution in [3.63, 3.8) is 0 Å². The number of aliphatic imine (C=N–C) groups is 1. The summed E-state index contributed by atoms with van der Waals surface area (Å²) in [5.74, 6) is -0.981. The molecule has 1 aromatic rings. The number of esters is 2. The van der Waals surface area contributed by atoms with Gasteiger partial charge >= 0.3 is 11.9 Å². The molecule has 0 radical (unpaired) electrons. The smallest absolute Gasteiger partial charge is 0.338 e. The number of benzene rings is 1. The first-order valence-corrected chi connectivity index (χ1v) is 13.8. The molecule has 1 fully saturated rings. The second-order valence-corrected chi connectivity index (χ2v) is 10.4. The highest BCUT2D eigenvalue weighted by molar-refractivity contribution is 8.16. The molecule has 1 saturated heterocycles. The maximum absolute atomic E-state index is 13.4. The van der Waals surface area contributed by atoms with Crippen molar-refractivity contribution in [2.24, 2.45) is 10.9 Å². The van der Waals surface area contributed by atoms with Crippen molar-refractivity contribution in [2.45, 2.75) is 59.9 Å². The third kappa shape index (κ3) is 5.61. The molecule has 0 N–H and O–H groups in total. The zero-order valence-corrected chi connectivity index (χ0v) is 23.0. The van der Waals surface area contributed by atoms with Crippen LogP contribution in [0.2, 0.25) is 0 Å². The Kier molecular flexibility index (Phi) is 8.42. The second kappa shape index (κ2) is 11.5. The van der Waals surface area contributed by atoms with Crippen LogP contribution in [0.3, 0.4) is 0 Å². The zero-order chi connectivity index (χ0) is 26.7. The van der Waals surface area contributed by atoms with Crippen LogP contribution in [0.1, 0.15) is 62.8 Å². The Hall–Kier alpha value is -3.07. The number of fused-ring (bicyclic) bond motifs is 1. The van der Waals surface area contributed by atoms with Gasteiger partial charge in [0.05, 0.1) is 42.9 Å². The summed E-state index contributed by atoms with van der Waals surface area (Å²) in [5, 5.41) is 2.68. The first-order valence-electron chi connectivity index (χ1n) is 12.9. The van der Waals surface area contributed by atoms with E-state index in [4.69, 9.17) is 14.5 Å². The first kappa shape index (κ1) is 27.0. The van der Waals surface area contributed by atoms with Crippen molar-refractivity contribution in [1.29, 1.82) is 0 Å². The standard InChI is InChI=1S/C28H35N3O5S/c1-6-35-26(33)20-9-8-12-30(15-20)23(32)14-21-16-37-28-29-19(5)24(27(34)36-7-2)25(31(21)28)22-11-10-17(3)13-18(22)4/h10-11,13,16,20,25H,6-9,12,14-15H2,1-5H3/t20-,25+/m1/s1. The fraction of sp³-hybridized carbons (Fsp3) is 0.500. The molecule has 2 atom stereocenters. The molecule has 0 bridgehead atoms. The van der Waals surface area contributed by atoms with Gasteiger partial charge in [-0.3, -0.25) is 9.59 Å². The van der Waals surface area contributed by atoms with Gasteiger partial charge in [-0.15, -0.1) is 0 Å². The van der Waals surface area contributed by atoms with E-state index in [2.05, 4.69) is 6.07 Å². The molecule has 8 nitrogen and oxygen atoms in total. The number of allylic oxidation sites excluding steroid dienone is 1. The number of ether oxygens (including phenoxy) is 2. The number of hydrogen-bond acceptors (Lipinski definition) is 8. The van der Waals surface area contributed by atoms with Crippen molar-refractivity contribution in [3.8, 4) is 0 Å². The topological polar surface area (TPSA) is 88.5 Å². The molecular weight excluding hydrogens is 490 g/mol. The molecule has 0 aliphatic carbocycles. The van der Waals surface area contributed by atoms with E-state index < -0.39 is 12.0 Å². The molecule has 1 aromatic carbocycles. The predicted octanol–water partition coefficient (Wildman–Crippen LogP) is 4.63. The number of amidine groups is 1. The molecule has 3 aliphatic rings. The van der Waals surface area contributed by atoms with E-state index >= 15 is 0 Å². The van der Waals surface area contributed by atoms with Crippen molar-refractivity contribution in [3.05, 3.63) is 57.3 Å². The second-order valence-electron chi connectivity index (χ2n) is 9.58. The molecule has 198 valence electrons. The van der Waals surface area contributed by atoms with Crippen LogP contribution in [0.25, 0.3) is 0 Å². The van der Waals surface area contributed by atoms with Crippen LogP contribution in [0.4, 0.5) is 0 Å². The van der Waals surface area contributed by atoms with Crippen molar-refractivity contribution in [1.82, 2.24) is 9.80 Å². The van der Waals surface area contributed by atoms with Crippen molar-refractivity contribution >= 4 is 34.8 Å². The van der Waals surface area contributed by atoms with Crippen LogP contribution in [-0.2, 0) is 23.9 Å². The third-order valence-corrected chi connectivity index (χ3v) is 7.83. The average Bonchev–Trinajstić information content (AvgIpc) is 3.25. The number of amides is 1. The number of piperidine rings is 1. The summed E-state index contributed by atoms with van der Waals surface area (Å²) in [6, 6.07) is 5.73. The van der Waals surface area contributed by atoms with Gasteiger partial charge in [0, 0.05) is 18.8 Å². The first-order chi connectivity index (χ1) is 17.7. The Morgan fingerprint density at radius 1 is 1.11 bits per heavy atom. The van der Waals surface area contributed by atoms with E-state index in [-0.39, 0.29) is 30.8 Å². The Morgan fingerprint density at radius 2 is 1.86 bits per heavy atom. The Balaban J connectivity index is 1.63. The maximum Gasteiger partial charge on any atom is 0.338 e. The maximum atomic E-state index is 13.4. The van der Waals surface area contributed by atoms with Crippen LogP contribution in [0, 0.1) is 19.8 Å². The van der Waals surface area contributed by atoms with E-state index in [9.17, 15) is 14.4 Å². The lowest BCUT2D eigenvalue weighted by Crippen LogP contribution is -2.44. The highest BCUT2D eigenvalue weighted by Gasteiger charge is 2.42. The van der Waals surface area contributed by atoms with Gasteiger partial charge in [0.25, 0.3) is 0 Å². The lowest BCUT2D eigenvalue weighted by atomic mass is 9.90. The highest BCUT2D eigenvalue weighted by Crippen LogP contribution is 2.45. The summed E-state index contributed by atoms with van der Waals surface area (Å²) in [6.07, 6.45) is 1.64. The van der Waals surface area contributed by atoms with Crippen molar-refractivity contribution < 1.29 is 23.9 Å². The summed E-state index contributed by atoms with van der Waals surface area (Å²) in [7, 11) is 0. The van der Waals surface area contributed by atoms with Gasteiger partial charge in [-0.25, -0.2) is 9.79 Å². The fourth-order valence-corrected chi connectivity index (χ4v) is 6.15. The largest absolute Gasteiger partial charge is 0.466 e. The summed E-state index contributed by atoms with van der Waals surface area (Å²) in [5.41, 5.74) is 5.05. The molecule has 3 aliphatic heterocycles. The number of carbonyl (C=O) groups is 3. The predicted molar refractivity (Wildman–Crippen MR) is 143 cm³/mol. The quantitative estimate of drug-likeness (QED) is 0.480. The number of carbonyl (C=O) groups excluding carboxylic acids is 3. The molecule has 37 heavy (non-hydrogen) atoms. The van der Waals surface area contributed by atoms with Crippen LogP contribution >= 0.6 is 11.8 Å². The number of thioether (sulfide) groups is 1. The van der Waals surface area contributed by atoms with Crippen LogP contribution in [0.5, 0.6) is 0 Å². The molecule has 0 unspecified atom stereocenters. The van der Waals surface area contributed by atoms with Gasteiger partial charge in [0.15, 0.2) is 5.17 Å². The minimum Gasteiger partial charge on any atom is -0.466 e. The number of aryl methyl sites for hydroxylation is 2. The summed E-state index contributed by atoms with van der Waals surface area (Å²) >= 11 is 1.46. The van der Waals surface area contributed by atoms with Gasteiger partial charge < -0.3 is 19.3 Å². The molecule has 0 saturated carbocycles. The number of likely N-dealkylation sites (tertiary alicyclic amines) is 1. The normalized spacial score (nSPS) is 21.3. The molecule has 9 heteroatoms. The Bertz CT molecular complexity index is 1190. The van der Waals surface area contributed by atoms with Crippen LogP contribution in [-0.4, -0.2) is 59.1 Å². The van der Waals surface area contributed by atoms with E-state index in [0.29, 0.717) is 31.0 Å². The van der Waals surface area contributed by atoms with E-state index in [1.165, 1.54) is 11.8 Å². The minimum atomic E-state index is -0.449. The lowest BCUT2D eigenvalue weighted by molar-refractivity contribution is -0.151. The Labute approximate surface area is 222 Å². The van der Waals surface area contributed by atoms with Crippen molar-refractivity contribution in [2.75, 3.05) is 26.3 Å². The monoisotopic (exact) mass is 525 g/mol. The molecule has 3 heterocycles. The molecule has 0 spiro atoms. The number of hydrogen-bond donors (Lipinski definition) is 0. The SMILES string of the molecule is CCOC(=O)C1=C(C)N=C2SC=C(CC(=O)N3CCC[C@@H](C(=O)OCC)C3)N2[C@H]1c1ccc(C)cc1C. The average molecular weight is 526 g/mol. The Morgan fingerprint density at radius 3 is 2.57 bits per heavy atom. The number of nitrogens with zero attached hydrogens (tertiary/aromatic N) is 3. The van der Waals surface area contributed by atoms with Crippen LogP contribution in [0.15, 0.2) is 45.6 Å². The lowest BCUT2D eigenvalue weighted by Gasteiger charge is -2.38. The molecule has 4 rings (SSSR count). The summed E-state index contributed by atoms with van der Waals surface area (Å²) in [4.78, 5) is 47.4. The fourth-order valence-electron chi connectivity index (χ4n) is 5.19. The van der Waals surface area contributed by atoms with Gasteiger partial charge in [-0.2, -0.15) is 0 Å². The third-order valence-electron chi connectivity index (χ3n) is 6.94. The summed E-state index contributed by atoms with van der Waals surface area (Å²) < 4.78 is 10.6. The van der Waals surface area contributed by atoms with Gasteiger partial charge in [-0.1, -0.05) is 35.5 Å². The molecular formula is C28H35N3O5S. The molecule has 0 aromatic heterocycles.